The number of hydrogen-bond donors (Lipinski definition) is 1. The largest absolute Gasteiger partial charge is 0.481 e. The molecule has 1 aliphatic carbocycles. The number of benzene rings is 1. The lowest BCUT2D eigenvalue weighted by molar-refractivity contribution is -0.145. The van der Waals surface area contributed by atoms with Crippen LogP contribution in [0.25, 0.3) is 0 Å². The minimum Gasteiger partial charge on any atom is -0.481 e. The van der Waals surface area contributed by atoms with Crippen molar-refractivity contribution in [3.05, 3.63) is 28.8 Å². The van der Waals surface area contributed by atoms with Gasteiger partial charge < -0.3 is 5.11 Å². The van der Waals surface area contributed by atoms with E-state index in [4.69, 9.17) is 11.6 Å². The van der Waals surface area contributed by atoms with Crippen LogP contribution in [0.15, 0.2) is 23.1 Å². The molecule has 0 spiro atoms. The van der Waals surface area contributed by atoms with Crippen molar-refractivity contribution in [1.82, 2.24) is 0 Å². The number of carbonyl (C=O) groups is 1. The summed E-state index contributed by atoms with van der Waals surface area (Å²) in [6.45, 7) is 0. The molecule has 0 aromatic heterocycles. The summed E-state index contributed by atoms with van der Waals surface area (Å²) in [4.78, 5) is 12.8. The number of aliphatic carboxylic acids is 1. The molecule has 0 atom stereocenters. The molecule has 0 bridgehead atoms. The molecule has 0 heterocycles. The summed E-state index contributed by atoms with van der Waals surface area (Å²) in [6.07, 6.45) is 6.50. The summed E-state index contributed by atoms with van der Waals surface area (Å²) in [6, 6.07) is 5.69. The van der Waals surface area contributed by atoms with Crippen molar-refractivity contribution in [1.29, 1.82) is 0 Å². The van der Waals surface area contributed by atoms with E-state index in [9.17, 15) is 9.90 Å². The van der Waals surface area contributed by atoms with Gasteiger partial charge in [0.25, 0.3) is 0 Å². The van der Waals surface area contributed by atoms with E-state index in [2.05, 4.69) is 0 Å². The van der Waals surface area contributed by atoms with Crippen molar-refractivity contribution < 1.29 is 9.90 Å². The third kappa shape index (κ3) is 2.52. The van der Waals surface area contributed by atoms with Crippen LogP contribution >= 0.6 is 23.4 Å². The average molecular weight is 285 g/mol. The van der Waals surface area contributed by atoms with Crippen LogP contribution in [0.1, 0.15) is 37.7 Å². The van der Waals surface area contributed by atoms with Crippen LogP contribution in [-0.4, -0.2) is 17.3 Å². The molecular formula is C14H17ClO2S. The van der Waals surface area contributed by atoms with Gasteiger partial charge in [0.15, 0.2) is 0 Å². The minimum atomic E-state index is -0.729. The Morgan fingerprint density at radius 2 is 1.94 bits per heavy atom. The minimum absolute atomic E-state index is 0.628. The van der Waals surface area contributed by atoms with E-state index in [0.717, 1.165) is 42.6 Å². The number of hydrogen-bond acceptors (Lipinski definition) is 2. The highest BCUT2D eigenvalue weighted by Crippen LogP contribution is 2.41. The number of carboxylic acid groups (broad SMARTS) is 1. The fraction of sp³-hybridized carbons (Fsp3) is 0.500. The number of halogens is 1. The van der Waals surface area contributed by atoms with Crippen LogP contribution in [0.2, 0.25) is 5.02 Å². The fourth-order valence-corrected chi connectivity index (χ4v) is 3.53. The zero-order valence-electron chi connectivity index (χ0n) is 10.4. The highest BCUT2D eigenvalue weighted by molar-refractivity contribution is 7.98. The first kappa shape index (κ1) is 13.8. The number of thioether (sulfide) groups is 1. The second-order valence-electron chi connectivity index (χ2n) is 4.83. The van der Waals surface area contributed by atoms with Crippen LogP contribution in [0, 0.1) is 0 Å². The highest BCUT2D eigenvalue weighted by Gasteiger charge is 2.41. The Balaban J connectivity index is 2.48. The van der Waals surface area contributed by atoms with Crippen LogP contribution in [-0.2, 0) is 10.2 Å². The monoisotopic (exact) mass is 284 g/mol. The molecular weight excluding hydrogens is 268 g/mol. The molecule has 1 aromatic carbocycles. The maximum Gasteiger partial charge on any atom is 0.314 e. The van der Waals surface area contributed by atoms with Gasteiger partial charge in [0.1, 0.15) is 0 Å². The Hall–Kier alpha value is -0.670. The molecule has 2 rings (SSSR count). The second-order valence-corrected chi connectivity index (χ2v) is 6.14. The predicted molar refractivity (Wildman–Crippen MR) is 75.6 cm³/mol. The SMILES string of the molecule is CSc1cc(Cl)cc(C2(C(=O)O)CCCCC2)c1. The van der Waals surface area contributed by atoms with Crippen molar-refractivity contribution in [2.45, 2.75) is 42.4 Å². The van der Waals surface area contributed by atoms with Crippen molar-refractivity contribution in [2.24, 2.45) is 0 Å². The van der Waals surface area contributed by atoms with E-state index in [1.807, 2.05) is 24.5 Å². The Morgan fingerprint density at radius 1 is 1.28 bits per heavy atom. The zero-order valence-corrected chi connectivity index (χ0v) is 12.0. The van der Waals surface area contributed by atoms with Crippen molar-refractivity contribution in [3.63, 3.8) is 0 Å². The Morgan fingerprint density at radius 3 is 2.50 bits per heavy atom. The third-order valence-electron chi connectivity index (χ3n) is 3.78. The summed E-state index contributed by atoms with van der Waals surface area (Å²) in [5, 5.41) is 10.3. The molecule has 0 amide bonds. The van der Waals surface area contributed by atoms with E-state index in [-0.39, 0.29) is 0 Å². The number of rotatable bonds is 3. The second kappa shape index (κ2) is 5.54. The predicted octanol–water partition coefficient (Wildman–Crippen LogP) is 4.35. The van der Waals surface area contributed by atoms with Gasteiger partial charge in [-0.05, 0) is 42.9 Å². The van der Waals surface area contributed by atoms with E-state index < -0.39 is 11.4 Å². The molecule has 1 fully saturated rings. The molecule has 1 saturated carbocycles. The van der Waals surface area contributed by atoms with E-state index in [1.54, 1.807) is 11.8 Å². The first-order valence-corrected chi connectivity index (χ1v) is 7.77. The van der Waals surface area contributed by atoms with Gasteiger partial charge in [-0.2, -0.15) is 0 Å². The molecule has 98 valence electrons. The lowest BCUT2D eigenvalue weighted by Crippen LogP contribution is -2.37. The molecule has 0 aliphatic heterocycles. The Bertz CT molecular complexity index is 453. The fourth-order valence-electron chi connectivity index (χ4n) is 2.74. The van der Waals surface area contributed by atoms with Crippen LogP contribution in [0.3, 0.4) is 0 Å². The molecule has 0 saturated heterocycles. The molecule has 0 radical (unpaired) electrons. The molecule has 2 nitrogen and oxygen atoms in total. The summed E-state index contributed by atoms with van der Waals surface area (Å²) in [5.41, 5.74) is 0.139. The van der Waals surface area contributed by atoms with Crippen molar-refractivity contribution >= 4 is 29.3 Å². The quantitative estimate of drug-likeness (QED) is 0.839. The van der Waals surface area contributed by atoms with Gasteiger partial charge in [0.05, 0.1) is 5.41 Å². The standard InChI is InChI=1S/C14H17ClO2S/c1-18-12-8-10(7-11(15)9-12)14(13(16)17)5-3-2-4-6-14/h7-9H,2-6H2,1H3,(H,16,17). The third-order valence-corrected chi connectivity index (χ3v) is 4.70. The summed E-state index contributed by atoms with van der Waals surface area (Å²) in [5.74, 6) is -0.712. The van der Waals surface area contributed by atoms with Gasteiger partial charge >= 0.3 is 5.97 Å². The first-order valence-electron chi connectivity index (χ1n) is 6.17. The van der Waals surface area contributed by atoms with Gasteiger partial charge in [0.2, 0.25) is 0 Å². The molecule has 1 N–H and O–H groups in total. The molecule has 18 heavy (non-hydrogen) atoms. The maximum atomic E-state index is 11.7. The van der Waals surface area contributed by atoms with Gasteiger partial charge in [-0.3, -0.25) is 4.79 Å². The first-order chi connectivity index (χ1) is 8.58. The molecule has 1 aromatic rings. The topological polar surface area (TPSA) is 37.3 Å². The van der Waals surface area contributed by atoms with Gasteiger partial charge in [-0.15, -0.1) is 11.8 Å². The van der Waals surface area contributed by atoms with Gasteiger partial charge in [-0.1, -0.05) is 30.9 Å². The lowest BCUT2D eigenvalue weighted by atomic mass is 9.69. The van der Waals surface area contributed by atoms with E-state index >= 15 is 0 Å². The zero-order chi connectivity index (χ0) is 13.2. The van der Waals surface area contributed by atoms with Crippen LogP contribution in [0.5, 0.6) is 0 Å². The van der Waals surface area contributed by atoms with Crippen LogP contribution in [0.4, 0.5) is 0 Å². The summed E-state index contributed by atoms with van der Waals surface area (Å²) >= 11 is 7.70. The molecule has 0 unspecified atom stereocenters. The van der Waals surface area contributed by atoms with Gasteiger partial charge in [0, 0.05) is 9.92 Å². The van der Waals surface area contributed by atoms with Crippen molar-refractivity contribution in [2.75, 3.05) is 6.26 Å². The normalized spacial score (nSPS) is 18.6. The van der Waals surface area contributed by atoms with Crippen molar-refractivity contribution in [3.8, 4) is 0 Å². The molecule has 4 heteroatoms. The highest BCUT2D eigenvalue weighted by atomic mass is 35.5. The Kier molecular flexibility index (Phi) is 4.23. The van der Waals surface area contributed by atoms with E-state index in [1.165, 1.54) is 0 Å². The van der Waals surface area contributed by atoms with Gasteiger partial charge in [-0.25, -0.2) is 0 Å². The number of carboxylic acids is 1. The Labute approximate surface area is 117 Å². The average Bonchev–Trinajstić information content (AvgIpc) is 2.38. The van der Waals surface area contributed by atoms with Crippen LogP contribution < -0.4 is 0 Å². The summed E-state index contributed by atoms with van der Waals surface area (Å²) < 4.78 is 0. The summed E-state index contributed by atoms with van der Waals surface area (Å²) in [7, 11) is 0. The molecule has 1 aliphatic rings. The lowest BCUT2D eigenvalue weighted by Gasteiger charge is -2.34. The maximum absolute atomic E-state index is 11.7. The smallest absolute Gasteiger partial charge is 0.314 e. The van der Waals surface area contributed by atoms with E-state index in [0.29, 0.717) is 5.02 Å².